The molecular weight excluding hydrogens is 481 g/mol. The number of nitrogens with zero attached hydrogens (tertiary/aromatic N) is 6. The lowest BCUT2D eigenvalue weighted by molar-refractivity contribution is 0.192. The second-order valence-electron chi connectivity index (χ2n) is 10.7. The number of nitrogens with one attached hydrogen (secondary N) is 1. The Morgan fingerprint density at radius 1 is 0.974 bits per heavy atom. The number of aromatic nitrogens is 5. The molecule has 198 valence electrons. The first kappa shape index (κ1) is 24.7. The number of anilines is 1. The lowest BCUT2D eigenvalue weighted by Crippen LogP contribution is -2.49. The molecule has 38 heavy (non-hydrogen) atoms. The molecule has 0 radical (unpaired) electrons. The summed E-state index contributed by atoms with van der Waals surface area (Å²) in [5.41, 5.74) is 4.69. The maximum absolute atomic E-state index is 13.7. The fourth-order valence-corrected chi connectivity index (χ4v) is 6.10. The van der Waals surface area contributed by atoms with Crippen LogP contribution in [0.1, 0.15) is 66.7 Å². The van der Waals surface area contributed by atoms with Crippen LogP contribution < -0.4 is 10.5 Å². The second kappa shape index (κ2) is 10.3. The third-order valence-corrected chi connectivity index (χ3v) is 8.43. The van der Waals surface area contributed by atoms with Crippen LogP contribution in [0.4, 0.5) is 10.1 Å². The van der Waals surface area contributed by atoms with E-state index in [0.717, 1.165) is 72.6 Å². The van der Waals surface area contributed by atoms with E-state index in [4.69, 9.17) is 0 Å². The van der Waals surface area contributed by atoms with Gasteiger partial charge in [-0.05, 0) is 84.0 Å². The Bertz CT molecular complexity index is 1480. The number of tetrazole rings is 1. The number of piperazine rings is 1. The van der Waals surface area contributed by atoms with Gasteiger partial charge in [0.25, 0.3) is 5.56 Å². The van der Waals surface area contributed by atoms with Gasteiger partial charge in [-0.2, -0.15) is 0 Å². The molecule has 0 amide bonds. The van der Waals surface area contributed by atoms with E-state index in [0.29, 0.717) is 5.56 Å². The van der Waals surface area contributed by atoms with Crippen molar-refractivity contribution in [2.75, 3.05) is 31.1 Å². The zero-order valence-electron chi connectivity index (χ0n) is 22.0. The van der Waals surface area contributed by atoms with Gasteiger partial charge in [-0.25, -0.2) is 9.07 Å². The Labute approximate surface area is 221 Å². The number of halogens is 1. The minimum atomic E-state index is -0.364. The van der Waals surface area contributed by atoms with Crippen molar-refractivity contribution in [3.63, 3.8) is 0 Å². The van der Waals surface area contributed by atoms with E-state index in [1.54, 1.807) is 0 Å². The standard InChI is InChI=1S/C29H34FN7O/c1-19-8-9-21-18-25(29(38)31-26(21)20(19)2)27(28-32-33-34-37(28)24-6-4-3-5-7-24)36-16-14-35(15-17-36)23-12-10-22(30)11-13-23/h8-13,18,24,27H,3-7,14-17H2,1-2H3,(H,31,38). The van der Waals surface area contributed by atoms with Gasteiger partial charge >= 0.3 is 0 Å². The highest BCUT2D eigenvalue weighted by Crippen LogP contribution is 2.34. The fraction of sp³-hybridized carbons (Fsp3) is 0.448. The molecule has 8 nitrogen and oxygen atoms in total. The monoisotopic (exact) mass is 515 g/mol. The Morgan fingerprint density at radius 2 is 1.71 bits per heavy atom. The SMILES string of the molecule is Cc1ccc2cc(C(c3nnnn3C3CCCCC3)N3CCN(c4ccc(F)cc4)CC3)c(=O)[nH]c2c1C. The number of pyridine rings is 1. The molecule has 1 aliphatic heterocycles. The summed E-state index contributed by atoms with van der Waals surface area (Å²) in [7, 11) is 0. The van der Waals surface area contributed by atoms with Gasteiger partial charge in [-0.1, -0.05) is 31.4 Å². The number of aromatic amines is 1. The molecular formula is C29H34FN7O. The van der Waals surface area contributed by atoms with Crippen LogP contribution in [0, 0.1) is 19.7 Å². The number of benzene rings is 2. The van der Waals surface area contributed by atoms with E-state index in [-0.39, 0.29) is 23.5 Å². The maximum Gasteiger partial charge on any atom is 0.253 e. The summed E-state index contributed by atoms with van der Waals surface area (Å²) in [5.74, 6) is 0.503. The van der Waals surface area contributed by atoms with E-state index in [1.165, 1.54) is 31.4 Å². The lowest BCUT2D eigenvalue weighted by Gasteiger charge is -2.40. The van der Waals surface area contributed by atoms with Crippen molar-refractivity contribution in [2.24, 2.45) is 0 Å². The van der Waals surface area contributed by atoms with Crippen molar-refractivity contribution in [3.05, 3.63) is 81.2 Å². The maximum atomic E-state index is 13.7. The van der Waals surface area contributed by atoms with Crippen molar-refractivity contribution in [2.45, 2.75) is 58.0 Å². The van der Waals surface area contributed by atoms with Crippen molar-refractivity contribution in [1.29, 1.82) is 0 Å². The Hall–Kier alpha value is -3.59. The largest absolute Gasteiger partial charge is 0.369 e. The van der Waals surface area contributed by atoms with Gasteiger partial charge in [0.2, 0.25) is 0 Å². The van der Waals surface area contributed by atoms with E-state index in [2.05, 4.69) is 49.4 Å². The molecule has 1 atom stereocenters. The molecule has 6 rings (SSSR count). The number of hydrogen-bond donors (Lipinski definition) is 1. The highest BCUT2D eigenvalue weighted by Gasteiger charge is 2.34. The normalized spacial score (nSPS) is 18.2. The molecule has 9 heteroatoms. The van der Waals surface area contributed by atoms with Gasteiger partial charge < -0.3 is 9.88 Å². The van der Waals surface area contributed by atoms with Crippen LogP contribution in [0.5, 0.6) is 0 Å². The van der Waals surface area contributed by atoms with E-state index < -0.39 is 0 Å². The highest BCUT2D eigenvalue weighted by molar-refractivity contribution is 5.83. The Balaban J connectivity index is 1.39. The summed E-state index contributed by atoms with van der Waals surface area (Å²) in [4.78, 5) is 21.4. The molecule has 1 N–H and O–H groups in total. The molecule has 3 heterocycles. The minimum absolute atomic E-state index is 0.102. The molecule has 1 saturated heterocycles. The van der Waals surface area contributed by atoms with Crippen LogP contribution in [-0.2, 0) is 0 Å². The van der Waals surface area contributed by atoms with Crippen LogP contribution in [0.15, 0.2) is 47.3 Å². The average molecular weight is 516 g/mol. The summed E-state index contributed by atoms with van der Waals surface area (Å²) >= 11 is 0. The fourth-order valence-electron chi connectivity index (χ4n) is 6.10. The van der Waals surface area contributed by atoms with Gasteiger partial charge in [0.05, 0.1) is 11.6 Å². The molecule has 4 aromatic rings. The van der Waals surface area contributed by atoms with E-state index in [1.807, 2.05) is 29.8 Å². The summed E-state index contributed by atoms with van der Waals surface area (Å²) in [6.45, 7) is 7.08. The number of aryl methyl sites for hydroxylation is 2. The first-order valence-corrected chi connectivity index (χ1v) is 13.6. The molecule has 0 bridgehead atoms. The van der Waals surface area contributed by atoms with Crippen LogP contribution >= 0.6 is 0 Å². The first-order chi connectivity index (χ1) is 18.5. The molecule has 2 fully saturated rings. The molecule has 0 spiro atoms. The van der Waals surface area contributed by atoms with Crippen molar-refractivity contribution in [1.82, 2.24) is 30.1 Å². The zero-order valence-corrected chi connectivity index (χ0v) is 22.0. The number of rotatable bonds is 5. The quantitative estimate of drug-likeness (QED) is 0.415. The highest BCUT2D eigenvalue weighted by atomic mass is 19.1. The summed E-state index contributed by atoms with van der Waals surface area (Å²) in [6, 6.07) is 12.7. The molecule has 1 saturated carbocycles. The van der Waals surface area contributed by atoms with Crippen LogP contribution in [-0.4, -0.2) is 56.3 Å². The van der Waals surface area contributed by atoms with Crippen molar-refractivity contribution < 1.29 is 4.39 Å². The summed E-state index contributed by atoms with van der Waals surface area (Å²) in [6.07, 6.45) is 5.68. The zero-order chi connectivity index (χ0) is 26.2. The third-order valence-electron chi connectivity index (χ3n) is 8.43. The third kappa shape index (κ3) is 4.60. The Morgan fingerprint density at radius 3 is 2.45 bits per heavy atom. The Kier molecular flexibility index (Phi) is 6.69. The predicted octanol–water partition coefficient (Wildman–Crippen LogP) is 4.69. The number of H-pyrrole nitrogens is 1. The van der Waals surface area contributed by atoms with E-state index >= 15 is 0 Å². The van der Waals surface area contributed by atoms with Crippen molar-refractivity contribution >= 4 is 16.6 Å². The topological polar surface area (TPSA) is 82.9 Å². The van der Waals surface area contributed by atoms with Crippen LogP contribution in [0.3, 0.4) is 0 Å². The van der Waals surface area contributed by atoms with Gasteiger partial charge in [-0.15, -0.1) is 5.10 Å². The average Bonchev–Trinajstić information content (AvgIpc) is 3.43. The van der Waals surface area contributed by atoms with Gasteiger partial charge in [0.1, 0.15) is 11.9 Å². The van der Waals surface area contributed by atoms with E-state index in [9.17, 15) is 9.18 Å². The van der Waals surface area contributed by atoms with Crippen LogP contribution in [0.2, 0.25) is 0 Å². The van der Waals surface area contributed by atoms with Crippen LogP contribution in [0.25, 0.3) is 10.9 Å². The summed E-state index contributed by atoms with van der Waals surface area (Å²) < 4.78 is 15.5. The summed E-state index contributed by atoms with van der Waals surface area (Å²) in [5, 5.41) is 14.1. The smallest absolute Gasteiger partial charge is 0.253 e. The molecule has 2 aromatic heterocycles. The molecule has 1 aliphatic carbocycles. The van der Waals surface area contributed by atoms with Gasteiger partial charge in [0.15, 0.2) is 5.82 Å². The minimum Gasteiger partial charge on any atom is -0.369 e. The molecule has 1 unspecified atom stereocenters. The molecule has 2 aromatic carbocycles. The predicted molar refractivity (Wildman–Crippen MR) is 146 cm³/mol. The van der Waals surface area contributed by atoms with Gasteiger partial charge in [-0.3, -0.25) is 9.69 Å². The number of hydrogen-bond acceptors (Lipinski definition) is 6. The second-order valence-corrected chi connectivity index (χ2v) is 10.7. The van der Waals surface area contributed by atoms with Gasteiger partial charge in [0, 0.05) is 37.4 Å². The lowest BCUT2D eigenvalue weighted by atomic mass is 9.94. The number of fused-ring (bicyclic) bond motifs is 1. The first-order valence-electron chi connectivity index (χ1n) is 13.6. The molecule has 2 aliphatic rings. The van der Waals surface area contributed by atoms with Crippen molar-refractivity contribution in [3.8, 4) is 0 Å².